The Morgan fingerprint density at radius 2 is 1.52 bits per heavy atom. The minimum Gasteiger partial charge on any atom is -0.318 e. The van der Waals surface area contributed by atoms with Gasteiger partial charge in [0, 0.05) is 18.7 Å². The molecule has 0 radical (unpaired) electrons. The van der Waals surface area contributed by atoms with Crippen LogP contribution in [0.25, 0.3) is 33.7 Å². The first kappa shape index (κ1) is 27.1. The molecule has 212 valence electrons. The molecule has 0 spiro atoms. The van der Waals surface area contributed by atoms with E-state index in [1.807, 2.05) is 97.3 Å². The van der Waals surface area contributed by atoms with Gasteiger partial charge < -0.3 is 4.57 Å². The molecule has 0 bridgehead atoms. The highest BCUT2D eigenvalue weighted by atomic mass is 16.2. The maximum atomic E-state index is 14.1. The number of aromatic amines is 1. The molecule has 6 rings (SSSR count). The van der Waals surface area contributed by atoms with Crippen molar-refractivity contribution in [1.29, 1.82) is 0 Å². The fourth-order valence-electron chi connectivity index (χ4n) is 5.49. The molecule has 3 aromatic heterocycles. The Morgan fingerprint density at radius 1 is 0.833 bits per heavy atom. The largest absolute Gasteiger partial charge is 0.333 e. The van der Waals surface area contributed by atoms with Crippen LogP contribution in [-0.4, -0.2) is 39.3 Å². The lowest BCUT2D eigenvalue weighted by atomic mass is 9.98. The number of nitrogens with zero attached hydrogens (tertiary/aromatic N) is 7. The maximum absolute atomic E-state index is 14.1. The molecule has 0 amide bonds. The zero-order chi connectivity index (χ0) is 29.4. The highest BCUT2D eigenvalue weighted by molar-refractivity contribution is 5.80. The number of imidazole rings is 1. The van der Waals surface area contributed by atoms with Gasteiger partial charge in [0.15, 0.2) is 11.2 Å². The van der Waals surface area contributed by atoms with E-state index < -0.39 is 6.04 Å². The fourth-order valence-corrected chi connectivity index (χ4v) is 5.49. The molecule has 0 fully saturated rings. The lowest BCUT2D eigenvalue weighted by Gasteiger charge is -2.19. The molecule has 1 N–H and O–H groups in total. The molecule has 1 atom stereocenters. The molecule has 3 aromatic carbocycles. The van der Waals surface area contributed by atoms with Crippen LogP contribution < -0.4 is 11.2 Å². The van der Waals surface area contributed by atoms with Gasteiger partial charge in [-0.3, -0.25) is 13.9 Å². The van der Waals surface area contributed by atoms with Crippen LogP contribution in [0.3, 0.4) is 0 Å². The van der Waals surface area contributed by atoms with Gasteiger partial charge in [-0.1, -0.05) is 92.7 Å². The first-order valence-electron chi connectivity index (χ1n) is 14.0. The molecule has 0 aliphatic carbocycles. The summed E-state index contributed by atoms with van der Waals surface area (Å²) >= 11 is 0. The first-order valence-corrected chi connectivity index (χ1v) is 14.0. The van der Waals surface area contributed by atoms with Gasteiger partial charge in [0.25, 0.3) is 5.56 Å². The van der Waals surface area contributed by atoms with Crippen molar-refractivity contribution >= 4 is 11.2 Å². The van der Waals surface area contributed by atoms with E-state index in [0.717, 1.165) is 27.8 Å². The van der Waals surface area contributed by atoms with E-state index in [9.17, 15) is 9.59 Å². The number of fused-ring (bicyclic) bond motifs is 1. The minimum atomic E-state index is -0.434. The van der Waals surface area contributed by atoms with E-state index in [1.165, 1.54) is 4.57 Å². The van der Waals surface area contributed by atoms with Crippen LogP contribution in [0, 0.1) is 12.8 Å². The van der Waals surface area contributed by atoms with E-state index >= 15 is 0 Å². The first-order chi connectivity index (χ1) is 20.3. The standard InChI is InChI=1S/C32H32N8O2/c1-20(2)18-39-30-28(31(41)40(32(39)42)21(3)24-10-6-5-7-11-24)38(22(4)33-30)19-23-14-16-25(17-15-23)26-12-8-9-13-27(26)29-34-36-37-35-29/h5-17,20-21H,18-19H2,1-4H3,(H,34,35,36,37). The number of hydrogen-bond donors (Lipinski definition) is 1. The lowest BCUT2D eigenvalue weighted by molar-refractivity contribution is 0.475. The Bertz CT molecular complexity index is 1970. The van der Waals surface area contributed by atoms with Crippen molar-refractivity contribution in [2.75, 3.05) is 0 Å². The van der Waals surface area contributed by atoms with Gasteiger partial charge in [0.05, 0.1) is 6.04 Å². The quantitative estimate of drug-likeness (QED) is 0.285. The summed E-state index contributed by atoms with van der Waals surface area (Å²) < 4.78 is 4.95. The van der Waals surface area contributed by atoms with Gasteiger partial charge in [-0.25, -0.2) is 9.78 Å². The second kappa shape index (κ2) is 11.0. The van der Waals surface area contributed by atoms with E-state index in [2.05, 4.69) is 34.5 Å². The van der Waals surface area contributed by atoms with E-state index in [-0.39, 0.29) is 17.2 Å². The molecule has 10 heteroatoms. The third-order valence-electron chi connectivity index (χ3n) is 7.59. The molecule has 0 saturated carbocycles. The van der Waals surface area contributed by atoms with Crippen LogP contribution in [0.4, 0.5) is 0 Å². The molecule has 0 saturated heterocycles. The summed E-state index contributed by atoms with van der Waals surface area (Å²) in [5.74, 6) is 1.40. The summed E-state index contributed by atoms with van der Waals surface area (Å²) in [5, 5.41) is 14.5. The Morgan fingerprint density at radius 3 is 2.19 bits per heavy atom. The number of benzene rings is 3. The summed E-state index contributed by atoms with van der Waals surface area (Å²) in [6.07, 6.45) is 0. The smallest absolute Gasteiger partial charge is 0.318 e. The summed E-state index contributed by atoms with van der Waals surface area (Å²) in [4.78, 5) is 32.6. The van der Waals surface area contributed by atoms with E-state index in [0.29, 0.717) is 35.9 Å². The molecule has 1 unspecified atom stereocenters. The maximum Gasteiger partial charge on any atom is 0.333 e. The van der Waals surface area contributed by atoms with Gasteiger partial charge in [0.1, 0.15) is 5.82 Å². The van der Waals surface area contributed by atoms with Gasteiger partial charge in [-0.15, -0.1) is 10.2 Å². The van der Waals surface area contributed by atoms with Crippen LogP contribution >= 0.6 is 0 Å². The number of aromatic nitrogens is 8. The van der Waals surface area contributed by atoms with E-state index in [4.69, 9.17) is 4.98 Å². The molecule has 10 nitrogen and oxygen atoms in total. The molecule has 0 aliphatic heterocycles. The Labute approximate surface area is 242 Å². The summed E-state index contributed by atoms with van der Waals surface area (Å²) in [6, 6.07) is 25.3. The highest BCUT2D eigenvalue weighted by Gasteiger charge is 2.24. The molecule has 0 aliphatic rings. The molecule has 3 heterocycles. The van der Waals surface area contributed by atoms with Crippen LogP contribution in [-0.2, 0) is 13.1 Å². The number of hydrogen-bond acceptors (Lipinski definition) is 6. The van der Waals surface area contributed by atoms with Crippen LogP contribution in [0.15, 0.2) is 88.5 Å². The monoisotopic (exact) mass is 560 g/mol. The molecule has 6 aromatic rings. The third kappa shape index (κ3) is 4.85. The third-order valence-corrected chi connectivity index (χ3v) is 7.59. The highest BCUT2D eigenvalue weighted by Crippen LogP contribution is 2.30. The van der Waals surface area contributed by atoms with Gasteiger partial charge in [-0.05, 0) is 47.2 Å². The molecular weight excluding hydrogens is 528 g/mol. The minimum absolute atomic E-state index is 0.192. The van der Waals surface area contributed by atoms with Crippen molar-refractivity contribution in [2.45, 2.75) is 46.8 Å². The predicted molar refractivity (Wildman–Crippen MR) is 162 cm³/mol. The van der Waals surface area contributed by atoms with Gasteiger partial charge in [0.2, 0.25) is 5.82 Å². The average molecular weight is 561 g/mol. The summed E-state index contributed by atoms with van der Waals surface area (Å²) in [7, 11) is 0. The topological polar surface area (TPSA) is 116 Å². The predicted octanol–water partition coefficient (Wildman–Crippen LogP) is 4.83. The Balaban J connectivity index is 1.44. The number of H-pyrrole nitrogens is 1. The van der Waals surface area contributed by atoms with Gasteiger partial charge in [-0.2, -0.15) is 5.21 Å². The van der Waals surface area contributed by atoms with Crippen molar-refractivity contribution in [1.82, 2.24) is 39.3 Å². The number of nitrogens with one attached hydrogen (secondary N) is 1. The second-order valence-corrected chi connectivity index (χ2v) is 10.9. The number of aryl methyl sites for hydroxylation is 1. The van der Waals surface area contributed by atoms with Crippen molar-refractivity contribution in [3.63, 3.8) is 0 Å². The zero-order valence-corrected chi connectivity index (χ0v) is 24.0. The van der Waals surface area contributed by atoms with Crippen LogP contribution in [0.5, 0.6) is 0 Å². The lowest BCUT2D eigenvalue weighted by Crippen LogP contribution is -2.43. The van der Waals surface area contributed by atoms with Crippen molar-refractivity contribution in [2.24, 2.45) is 5.92 Å². The Kier molecular flexibility index (Phi) is 7.12. The fraction of sp³-hybridized carbons (Fsp3) is 0.250. The Hall–Kier alpha value is -5.12. The van der Waals surface area contributed by atoms with Crippen molar-refractivity contribution < 1.29 is 0 Å². The summed E-state index contributed by atoms with van der Waals surface area (Å²) in [5.41, 5.74) is 4.96. The SMILES string of the molecule is Cc1nc2c(c(=O)n(C(C)c3ccccc3)c(=O)n2CC(C)C)n1Cc1ccc(-c2ccccc2-c2nn[nH]n2)cc1. The van der Waals surface area contributed by atoms with E-state index in [1.54, 1.807) is 4.57 Å². The zero-order valence-electron chi connectivity index (χ0n) is 24.0. The van der Waals surface area contributed by atoms with Crippen molar-refractivity contribution in [3.8, 4) is 22.5 Å². The summed E-state index contributed by atoms with van der Waals surface area (Å²) in [6.45, 7) is 8.77. The average Bonchev–Trinajstić information content (AvgIpc) is 3.65. The normalized spacial score (nSPS) is 12.3. The number of tetrazole rings is 1. The van der Waals surface area contributed by atoms with Gasteiger partial charge >= 0.3 is 5.69 Å². The molecule has 42 heavy (non-hydrogen) atoms. The van der Waals surface area contributed by atoms with Crippen LogP contribution in [0.1, 0.15) is 43.8 Å². The van der Waals surface area contributed by atoms with Crippen LogP contribution in [0.2, 0.25) is 0 Å². The molecular formula is C32H32N8O2. The number of rotatable bonds is 8. The second-order valence-electron chi connectivity index (χ2n) is 10.9. The van der Waals surface area contributed by atoms with Crippen molar-refractivity contribution in [3.05, 3.63) is 117 Å².